The molecule has 0 aliphatic carbocycles. The van der Waals surface area contributed by atoms with Crippen molar-refractivity contribution >= 4 is 5.69 Å². The first kappa shape index (κ1) is 13.5. The summed E-state index contributed by atoms with van der Waals surface area (Å²) in [6.45, 7) is 0.679. The maximum atomic E-state index is 13.0. The zero-order valence-electron chi connectivity index (χ0n) is 9.90. The highest BCUT2D eigenvalue weighted by Crippen LogP contribution is 2.30. The third-order valence-electron chi connectivity index (χ3n) is 2.68. The van der Waals surface area contributed by atoms with E-state index in [4.69, 9.17) is 9.47 Å². The number of nitro groups is 1. The SMILES string of the molecule is COC(CF)(OC)c1ccc(C)c([N+](=O)[O-])c1. The molecule has 17 heavy (non-hydrogen) atoms. The van der Waals surface area contributed by atoms with Crippen LogP contribution in [0.5, 0.6) is 0 Å². The number of nitrogens with zero attached hydrogens (tertiary/aromatic N) is 1. The second-order valence-electron chi connectivity index (χ2n) is 3.55. The first-order valence-electron chi connectivity index (χ1n) is 4.92. The summed E-state index contributed by atoms with van der Waals surface area (Å²) in [5.41, 5.74) is 0.690. The van der Waals surface area contributed by atoms with Gasteiger partial charge < -0.3 is 9.47 Å². The summed E-state index contributed by atoms with van der Waals surface area (Å²) in [6, 6.07) is 4.35. The lowest BCUT2D eigenvalue weighted by molar-refractivity contribution is -0.385. The standard InChI is InChI=1S/C11H14FNO4/c1-8-4-5-9(6-10(8)13(14)15)11(7-12,16-2)17-3/h4-6H,7H2,1-3H3. The fraction of sp³-hybridized carbons (Fsp3) is 0.455. The van der Waals surface area contributed by atoms with Crippen molar-refractivity contribution < 1.29 is 18.8 Å². The summed E-state index contributed by atoms with van der Waals surface area (Å²) in [7, 11) is 2.57. The summed E-state index contributed by atoms with van der Waals surface area (Å²) >= 11 is 0. The Labute approximate surface area is 98.3 Å². The molecule has 0 atom stereocenters. The molecule has 0 bridgehead atoms. The average Bonchev–Trinajstić information content (AvgIpc) is 2.33. The van der Waals surface area contributed by atoms with E-state index in [1.807, 2.05) is 0 Å². The van der Waals surface area contributed by atoms with Crippen molar-refractivity contribution in [2.45, 2.75) is 12.7 Å². The van der Waals surface area contributed by atoms with Gasteiger partial charge >= 0.3 is 0 Å². The third kappa shape index (κ3) is 2.42. The van der Waals surface area contributed by atoms with E-state index in [0.29, 0.717) is 5.56 Å². The van der Waals surface area contributed by atoms with Crippen LogP contribution in [0.4, 0.5) is 10.1 Å². The second-order valence-corrected chi connectivity index (χ2v) is 3.55. The van der Waals surface area contributed by atoms with Crippen LogP contribution in [0.3, 0.4) is 0 Å². The molecule has 0 saturated carbocycles. The van der Waals surface area contributed by atoms with Gasteiger partial charge in [-0.2, -0.15) is 0 Å². The molecule has 6 heteroatoms. The summed E-state index contributed by atoms with van der Waals surface area (Å²) < 4.78 is 23.0. The molecule has 0 aliphatic heterocycles. The number of methoxy groups -OCH3 is 2. The predicted molar refractivity (Wildman–Crippen MR) is 59.5 cm³/mol. The van der Waals surface area contributed by atoms with Gasteiger partial charge in [-0.3, -0.25) is 10.1 Å². The number of hydrogen-bond donors (Lipinski definition) is 0. The molecular weight excluding hydrogens is 229 g/mol. The molecule has 0 spiro atoms. The van der Waals surface area contributed by atoms with Crippen molar-refractivity contribution in [1.29, 1.82) is 0 Å². The largest absolute Gasteiger partial charge is 0.347 e. The Morgan fingerprint density at radius 1 is 1.41 bits per heavy atom. The van der Waals surface area contributed by atoms with Gasteiger partial charge in [0.2, 0.25) is 5.79 Å². The fourth-order valence-electron chi connectivity index (χ4n) is 1.55. The summed E-state index contributed by atoms with van der Waals surface area (Å²) in [6.07, 6.45) is 0. The molecule has 0 heterocycles. The Morgan fingerprint density at radius 3 is 2.41 bits per heavy atom. The number of rotatable bonds is 5. The van der Waals surface area contributed by atoms with Crippen LogP contribution >= 0.6 is 0 Å². The van der Waals surface area contributed by atoms with E-state index in [1.54, 1.807) is 13.0 Å². The molecule has 1 rings (SSSR count). The zero-order valence-corrected chi connectivity index (χ0v) is 9.90. The van der Waals surface area contributed by atoms with Crippen LogP contribution in [-0.4, -0.2) is 25.8 Å². The minimum Gasteiger partial charge on any atom is -0.347 e. The van der Waals surface area contributed by atoms with Gasteiger partial charge in [-0.25, -0.2) is 4.39 Å². The van der Waals surface area contributed by atoms with E-state index < -0.39 is 17.4 Å². The summed E-state index contributed by atoms with van der Waals surface area (Å²) in [4.78, 5) is 10.3. The monoisotopic (exact) mass is 243 g/mol. The van der Waals surface area contributed by atoms with E-state index in [-0.39, 0.29) is 11.3 Å². The van der Waals surface area contributed by atoms with Crippen LogP contribution in [0.15, 0.2) is 18.2 Å². The smallest absolute Gasteiger partial charge is 0.272 e. The highest BCUT2D eigenvalue weighted by Gasteiger charge is 2.34. The number of hydrogen-bond acceptors (Lipinski definition) is 4. The molecule has 0 radical (unpaired) electrons. The van der Waals surface area contributed by atoms with Crippen molar-refractivity contribution in [2.24, 2.45) is 0 Å². The Kier molecular flexibility index (Phi) is 4.14. The lowest BCUT2D eigenvalue weighted by Crippen LogP contribution is -2.33. The van der Waals surface area contributed by atoms with Gasteiger partial charge in [0.1, 0.15) is 6.67 Å². The molecule has 0 aromatic heterocycles. The molecule has 0 fully saturated rings. The normalized spacial score (nSPS) is 11.5. The van der Waals surface area contributed by atoms with Crippen LogP contribution < -0.4 is 0 Å². The molecule has 0 saturated heterocycles. The third-order valence-corrected chi connectivity index (χ3v) is 2.68. The first-order valence-corrected chi connectivity index (χ1v) is 4.92. The molecule has 5 nitrogen and oxygen atoms in total. The average molecular weight is 243 g/mol. The number of alkyl halides is 1. The zero-order chi connectivity index (χ0) is 13.1. The van der Waals surface area contributed by atoms with Gasteiger partial charge in [0.15, 0.2) is 0 Å². The highest BCUT2D eigenvalue weighted by molar-refractivity contribution is 5.43. The molecular formula is C11H14FNO4. The van der Waals surface area contributed by atoms with Gasteiger partial charge in [-0.1, -0.05) is 12.1 Å². The van der Waals surface area contributed by atoms with Crippen molar-refractivity contribution in [2.75, 3.05) is 20.9 Å². The maximum absolute atomic E-state index is 13.0. The van der Waals surface area contributed by atoms with E-state index in [0.717, 1.165) is 0 Å². The Balaban J connectivity index is 3.31. The van der Waals surface area contributed by atoms with E-state index in [2.05, 4.69) is 0 Å². The predicted octanol–water partition coefficient (Wildman–Crippen LogP) is 2.32. The van der Waals surface area contributed by atoms with Gasteiger partial charge in [0.05, 0.1) is 4.92 Å². The quantitative estimate of drug-likeness (QED) is 0.452. The molecule has 0 unspecified atom stereocenters. The molecule has 0 aliphatic rings. The number of aryl methyl sites for hydroxylation is 1. The Bertz CT molecular complexity index is 410. The maximum Gasteiger partial charge on any atom is 0.272 e. The Morgan fingerprint density at radius 2 is 2.00 bits per heavy atom. The molecule has 0 N–H and O–H groups in total. The summed E-state index contributed by atoms with van der Waals surface area (Å²) in [5.74, 6) is -1.58. The molecule has 0 amide bonds. The number of halogens is 1. The van der Waals surface area contributed by atoms with E-state index in [1.165, 1.54) is 26.4 Å². The number of ether oxygens (including phenoxy) is 2. The molecule has 94 valence electrons. The topological polar surface area (TPSA) is 61.6 Å². The lowest BCUT2D eigenvalue weighted by Gasteiger charge is -2.28. The molecule has 1 aromatic carbocycles. The van der Waals surface area contributed by atoms with Crippen LogP contribution in [0.25, 0.3) is 0 Å². The fourth-order valence-corrected chi connectivity index (χ4v) is 1.55. The summed E-state index contributed by atoms with van der Waals surface area (Å²) in [5, 5.41) is 10.8. The van der Waals surface area contributed by atoms with Gasteiger partial charge in [0, 0.05) is 31.4 Å². The van der Waals surface area contributed by atoms with Crippen LogP contribution in [0.1, 0.15) is 11.1 Å². The molecule has 1 aromatic rings. The van der Waals surface area contributed by atoms with Gasteiger partial charge in [0.25, 0.3) is 5.69 Å². The van der Waals surface area contributed by atoms with Gasteiger partial charge in [-0.15, -0.1) is 0 Å². The minimum atomic E-state index is -1.58. The number of nitro benzene ring substituents is 1. The van der Waals surface area contributed by atoms with E-state index in [9.17, 15) is 14.5 Å². The lowest BCUT2D eigenvalue weighted by atomic mass is 10.0. The number of benzene rings is 1. The van der Waals surface area contributed by atoms with Crippen LogP contribution in [0, 0.1) is 17.0 Å². The first-order chi connectivity index (χ1) is 8.00. The van der Waals surface area contributed by atoms with Crippen LogP contribution in [0.2, 0.25) is 0 Å². The van der Waals surface area contributed by atoms with Crippen molar-refractivity contribution in [3.63, 3.8) is 0 Å². The van der Waals surface area contributed by atoms with E-state index >= 15 is 0 Å². The van der Waals surface area contributed by atoms with Crippen molar-refractivity contribution in [3.8, 4) is 0 Å². The van der Waals surface area contributed by atoms with Crippen LogP contribution in [-0.2, 0) is 15.3 Å². The second kappa shape index (κ2) is 5.20. The van der Waals surface area contributed by atoms with Gasteiger partial charge in [-0.05, 0) is 6.92 Å². The highest BCUT2D eigenvalue weighted by atomic mass is 19.1. The van der Waals surface area contributed by atoms with Crippen molar-refractivity contribution in [3.05, 3.63) is 39.4 Å². The Hall–Kier alpha value is -1.53. The minimum absolute atomic E-state index is 0.0885. The van der Waals surface area contributed by atoms with Crippen molar-refractivity contribution in [1.82, 2.24) is 0 Å².